The van der Waals surface area contributed by atoms with E-state index in [-0.39, 0.29) is 0 Å². The van der Waals surface area contributed by atoms with Crippen LogP contribution in [-0.4, -0.2) is 19.8 Å². The number of benzene rings is 1. The molecule has 0 unspecified atom stereocenters. The largest absolute Gasteiger partial charge is 0.374 e. The first-order chi connectivity index (χ1) is 7.34. The molecule has 1 aromatic carbocycles. The predicted octanol–water partition coefficient (Wildman–Crippen LogP) is 1.43. The minimum atomic E-state index is 0.497. The van der Waals surface area contributed by atoms with E-state index in [1.807, 2.05) is 30.3 Å². The number of hydrogen-bond acceptors (Lipinski definition) is 5. The molecule has 0 radical (unpaired) electrons. The second-order valence-electron chi connectivity index (χ2n) is 3.02. The van der Waals surface area contributed by atoms with Crippen molar-refractivity contribution < 1.29 is 0 Å². The molecule has 0 bridgehead atoms. The molecule has 3 aromatic rings. The highest BCUT2D eigenvalue weighted by Gasteiger charge is 2.10. The summed E-state index contributed by atoms with van der Waals surface area (Å²) in [5.74, 6) is 0.721. The highest BCUT2D eigenvalue weighted by atomic mass is 32.1. The van der Waals surface area contributed by atoms with Crippen LogP contribution in [0.1, 0.15) is 0 Å². The molecule has 0 aliphatic heterocycles. The summed E-state index contributed by atoms with van der Waals surface area (Å²) < 4.78 is 1.66. The van der Waals surface area contributed by atoms with Gasteiger partial charge in [0.05, 0.1) is 0 Å². The molecule has 5 nitrogen and oxygen atoms in total. The smallest absolute Gasteiger partial charge is 0.236 e. The molecule has 0 atom stereocenters. The van der Waals surface area contributed by atoms with Crippen LogP contribution in [0.15, 0.2) is 30.3 Å². The fourth-order valence-electron chi connectivity index (χ4n) is 1.40. The van der Waals surface area contributed by atoms with Gasteiger partial charge in [0.25, 0.3) is 0 Å². The van der Waals surface area contributed by atoms with Crippen LogP contribution in [0.2, 0.25) is 0 Å². The number of fused-ring (bicyclic) bond motifs is 1. The molecule has 74 valence electrons. The van der Waals surface area contributed by atoms with E-state index in [4.69, 9.17) is 5.73 Å². The van der Waals surface area contributed by atoms with Crippen molar-refractivity contribution in [3.05, 3.63) is 30.3 Å². The maximum absolute atomic E-state index is 5.60. The van der Waals surface area contributed by atoms with Gasteiger partial charge in [-0.2, -0.15) is 4.52 Å². The third kappa shape index (κ3) is 1.26. The Bertz CT molecular complexity index is 597. The number of nitrogens with two attached hydrogens (primary N) is 1. The lowest BCUT2D eigenvalue weighted by Gasteiger charge is -1.94. The van der Waals surface area contributed by atoms with Crippen molar-refractivity contribution in [3.63, 3.8) is 0 Å². The quantitative estimate of drug-likeness (QED) is 0.669. The van der Waals surface area contributed by atoms with Crippen molar-refractivity contribution in [3.8, 4) is 11.4 Å². The maximum atomic E-state index is 5.60. The molecule has 0 spiro atoms. The van der Waals surface area contributed by atoms with Gasteiger partial charge in [0.1, 0.15) is 0 Å². The lowest BCUT2D eigenvalue weighted by atomic mass is 10.2. The summed E-state index contributed by atoms with van der Waals surface area (Å²) in [6.45, 7) is 0. The highest BCUT2D eigenvalue weighted by Crippen LogP contribution is 2.21. The standard InChI is InChI=1S/C9H7N5S/c10-8-13-14-7(11-12-9(14)15-8)6-4-2-1-3-5-6/h1-5H,(H2,10,13). The average Bonchev–Trinajstić information content (AvgIpc) is 2.77. The van der Waals surface area contributed by atoms with Crippen LogP contribution in [0, 0.1) is 0 Å². The zero-order valence-electron chi connectivity index (χ0n) is 7.66. The van der Waals surface area contributed by atoms with Gasteiger partial charge < -0.3 is 5.73 Å². The van der Waals surface area contributed by atoms with Crippen molar-refractivity contribution in [2.45, 2.75) is 0 Å². The first kappa shape index (κ1) is 8.37. The van der Waals surface area contributed by atoms with Crippen molar-refractivity contribution >= 4 is 21.4 Å². The van der Waals surface area contributed by atoms with Gasteiger partial charge in [0, 0.05) is 5.56 Å². The van der Waals surface area contributed by atoms with Crippen molar-refractivity contribution in [1.29, 1.82) is 0 Å². The molecule has 6 heteroatoms. The van der Waals surface area contributed by atoms with Crippen molar-refractivity contribution in [1.82, 2.24) is 19.8 Å². The molecule has 0 saturated heterocycles. The third-order valence-corrected chi connectivity index (χ3v) is 2.77. The number of nitrogen functional groups attached to an aromatic ring is 1. The summed E-state index contributed by atoms with van der Waals surface area (Å²) in [6.07, 6.45) is 0. The monoisotopic (exact) mass is 217 g/mol. The number of nitrogens with zero attached hydrogens (tertiary/aromatic N) is 4. The van der Waals surface area contributed by atoms with Crippen LogP contribution in [0.3, 0.4) is 0 Å². The second-order valence-corrected chi connectivity index (χ2v) is 4.01. The van der Waals surface area contributed by atoms with Gasteiger partial charge in [-0.05, 0) is 0 Å². The van der Waals surface area contributed by atoms with Gasteiger partial charge in [-0.1, -0.05) is 41.7 Å². The molecule has 2 aromatic heterocycles. The van der Waals surface area contributed by atoms with Gasteiger partial charge in [-0.3, -0.25) is 0 Å². The molecule has 2 N–H and O–H groups in total. The van der Waals surface area contributed by atoms with Crippen LogP contribution in [-0.2, 0) is 0 Å². The Morgan fingerprint density at radius 1 is 1.13 bits per heavy atom. The second kappa shape index (κ2) is 3.03. The van der Waals surface area contributed by atoms with Crippen LogP contribution in [0.5, 0.6) is 0 Å². The molecule has 3 rings (SSSR count). The maximum Gasteiger partial charge on any atom is 0.236 e. The molecule has 2 heterocycles. The van der Waals surface area contributed by atoms with Crippen LogP contribution < -0.4 is 5.73 Å². The highest BCUT2D eigenvalue weighted by molar-refractivity contribution is 7.20. The zero-order valence-corrected chi connectivity index (χ0v) is 8.48. The van der Waals surface area contributed by atoms with Crippen LogP contribution >= 0.6 is 11.3 Å². The number of anilines is 1. The summed E-state index contributed by atoms with van der Waals surface area (Å²) >= 11 is 1.32. The normalized spacial score (nSPS) is 10.9. The summed E-state index contributed by atoms with van der Waals surface area (Å²) in [7, 11) is 0. The van der Waals surface area contributed by atoms with E-state index < -0.39 is 0 Å². The van der Waals surface area contributed by atoms with Gasteiger partial charge in [0.15, 0.2) is 5.82 Å². The average molecular weight is 217 g/mol. The Kier molecular flexibility index (Phi) is 1.69. The molecule has 0 aliphatic carbocycles. The Labute approximate surface area is 89.2 Å². The van der Waals surface area contributed by atoms with E-state index >= 15 is 0 Å². The van der Waals surface area contributed by atoms with E-state index in [0.717, 1.165) is 11.4 Å². The summed E-state index contributed by atoms with van der Waals surface area (Å²) in [4.78, 5) is 0.714. The topological polar surface area (TPSA) is 69.1 Å². The third-order valence-electron chi connectivity index (χ3n) is 2.04. The first-order valence-electron chi connectivity index (χ1n) is 4.38. The Hall–Kier alpha value is -1.95. The van der Waals surface area contributed by atoms with Gasteiger partial charge >= 0.3 is 0 Å². The van der Waals surface area contributed by atoms with Gasteiger partial charge in [0.2, 0.25) is 10.1 Å². The molecule has 15 heavy (non-hydrogen) atoms. The fraction of sp³-hybridized carbons (Fsp3) is 0. The van der Waals surface area contributed by atoms with E-state index in [2.05, 4.69) is 15.3 Å². The van der Waals surface area contributed by atoms with Crippen molar-refractivity contribution in [2.24, 2.45) is 0 Å². The number of hydrogen-bond donors (Lipinski definition) is 1. The predicted molar refractivity (Wildman–Crippen MR) is 58.5 cm³/mol. The zero-order chi connectivity index (χ0) is 10.3. The van der Waals surface area contributed by atoms with Crippen LogP contribution in [0.4, 0.5) is 5.13 Å². The lowest BCUT2D eigenvalue weighted by molar-refractivity contribution is 0.973. The number of rotatable bonds is 1. The molecule has 0 amide bonds. The Morgan fingerprint density at radius 2 is 1.93 bits per heavy atom. The van der Waals surface area contributed by atoms with E-state index in [0.29, 0.717) is 10.1 Å². The minimum absolute atomic E-state index is 0.497. The molecule has 0 saturated carbocycles. The lowest BCUT2D eigenvalue weighted by Crippen LogP contribution is -1.91. The van der Waals surface area contributed by atoms with Crippen LogP contribution in [0.25, 0.3) is 16.3 Å². The Morgan fingerprint density at radius 3 is 2.73 bits per heavy atom. The molecule has 0 aliphatic rings. The minimum Gasteiger partial charge on any atom is -0.374 e. The van der Waals surface area contributed by atoms with Gasteiger partial charge in [-0.15, -0.1) is 15.3 Å². The SMILES string of the molecule is Nc1nn2c(-c3ccccc3)nnc2s1. The number of aromatic nitrogens is 4. The first-order valence-corrected chi connectivity index (χ1v) is 5.19. The molecular formula is C9H7N5S. The summed E-state index contributed by atoms with van der Waals surface area (Å²) in [5.41, 5.74) is 6.58. The fourth-order valence-corrected chi connectivity index (χ4v) is 2.00. The summed E-state index contributed by atoms with van der Waals surface area (Å²) in [5, 5.41) is 12.7. The summed E-state index contributed by atoms with van der Waals surface area (Å²) in [6, 6.07) is 9.79. The Balaban J connectivity index is 2.27. The van der Waals surface area contributed by atoms with Crippen molar-refractivity contribution in [2.75, 3.05) is 5.73 Å². The van der Waals surface area contributed by atoms with E-state index in [9.17, 15) is 0 Å². The van der Waals surface area contributed by atoms with Gasteiger partial charge in [-0.25, -0.2) is 0 Å². The van der Waals surface area contributed by atoms with E-state index in [1.165, 1.54) is 11.3 Å². The van der Waals surface area contributed by atoms with E-state index in [1.54, 1.807) is 4.52 Å². The molecule has 0 fully saturated rings. The molecular weight excluding hydrogens is 210 g/mol.